The maximum Gasteiger partial charge on any atom is 0.309 e. The fourth-order valence-corrected chi connectivity index (χ4v) is 2.52. The number of hydrogen-bond acceptors (Lipinski definition) is 4. The molecule has 0 aliphatic heterocycles. The van der Waals surface area contributed by atoms with Crippen LogP contribution >= 0.6 is 22.9 Å². The van der Waals surface area contributed by atoms with Crippen molar-refractivity contribution in [3.8, 4) is 0 Å². The van der Waals surface area contributed by atoms with Gasteiger partial charge in [0.05, 0.1) is 4.34 Å². The van der Waals surface area contributed by atoms with Crippen LogP contribution in [-0.2, 0) is 14.3 Å². The predicted octanol–water partition coefficient (Wildman–Crippen LogP) is 1.73. The number of methoxy groups -OCH3 is 1. The molecule has 7 heteroatoms. The molecule has 1 aromatic heterocycles. The van der Waals surface area contributed by atoms with Crippen molar-refractivity contribution in [3.63, 3.8) is 0 Å². The Labute approximate surface area is 121 Å². The fraction of sp³-hybridized carbons (Fsp3) is 0.500. The van der Waals surface area contributed by atoms with E-state index in [0.29, 0.717) is 10.9 Å². The van der Waals surface area contributed by atoms with Gasteiger partial charge >= 0.3 is 11.8 Å². The molecule has 2 N–H and O–H groups in total. The largest absolute Gasteiger partial charge is 0.374 e. The maximum atomic E-state index is 11.5. The lowest BCUT2D eigenvalue weighted by molar-refractivity contribution is -0.139. The first-order chi connectivity index (χ1) is 9.08. The van der Waals surface area contributed by atoms with Crippen LogP contribution in [0.4, 0.5) is 0 Å². The molecule has 0 fully saturated rings. The summed E-state index contributed by atoms with van der Waals surface area (Å²) >= 11 is 7.23. The molecule has 1 heterocycles. The van der Waals surface area contributed by atoms with Crippen LogP contribution in [0.25, 0.3) is 0 Å². The molecule has 1 unspecified atom stereocenters. The Morgan fingerprint density at radius 1 is 1.37 bits per heavy atom. The molecule has 0 aliphatic rings. The van der Waals surface area contributed by atoms with Gasteiger partial charge in [-0.2, -0.15) is 0 Å². The van der Waals surface area contributed by atoms with Gasteiger partial charge in [0.2, 0.25) is 0 Å². The van der Waals surface area contributed by atoms with Crippen LogP contribution in [0.1, 0.15) is 24.3 Å². The zero-order chi connectivity index (χ0) is 14.3. The van der Waals surface area contributed by atoms with E-state index in [0.717, 1.165) is 11.3 Å². The highest BCUT2D eigenvalue weighted by atomic mass is 35.5. The quantitative estimate of drug-likeness (QED) is 0.787. The molecular weight excluding hydrogens is 288 g/mol. The van der Waals surface area contributed by atoms with E-state index in [-0.39, 0.29) is 12.6 Å². The fourth-order valence-electron chi connectivity index (χ4n) is 1.39. The van der Waals surface area contributed by atoms with Crippen molar-refractivity contribution < 1.29 is 14.3 Å². The van der Waals surface area contributed by atoms with Crippen molar-refractivity contribution in [1.29, 1.82) is 0 Å². The Kier molecular flexibility index (Phi) is 6.83. The second-order valence-corrected chi connectivity index (χ2v) is 5.58. The van der Waals surface area contributed by atoms with Crippen LogP contribution in [0.15, 0.2) is 12.1 Å². The monoisotopic (exact) mass is 304 g/mol. The molecule has 2 amide bonds. The van der Waals surface area contributed by atoms with E-state index in [4.69, 9.17) is 16.3 Å². The zero-order valence-corrected chi connectivity index (χ0v) is 12.4. The summed E-state index contributed by atoms with van der Waals surface area (Å²) in [7, 11) is 1.54. The van der Waals surface area contributed by atoms with Crippen LogP contribution in [0, 0.1) is 0 Å². The van der Waals surface area contributed by atoms with E-state index in [1.54, 1.807) is 13.2 Å². The Morgan fingerprint density at radius 2 is 2.05 bits per heavy atom. The number of hydrogen-bond donors (Lipinski definition) is 2. The number of ether oxygens (including phenoxy) is 1. The molecule has 1 rings (SSSR count). The molecule has 19 heavy (non-hydrogen) atoms. The van der Waals surface area contributed by atoms with Gasteiger partial charge in [0.1, 0.15) is 6.10 Å². The maximum absolute atomic E-state index is 11.5. The topological polar surface area (TPSA) is 67.4 Å². The SMILES string of the molecule is CCCNC(=O)C(=O)NCC(OC)c1ccc(Cl)s1. The van der Waals surface area contributed by atoms with Crippen molar-refractivity contribution in [2.75, 3.05) is 20.2 Å². The summed E-state index contributed by atoms with van der Waals surface area (Å²) in [6.45, 7) is 2.63. The summed E-state index contributed by atoms with van der Waals surface area (Å²) in [6.07, 6.45) is 0.480. The molecule has 0 aliphatic carbocycles. The van der Waals surface area contributed by atoms with Gasteiger partial charge in [-0.1, -0.05) is 18.5 Å². The minimum atomic E-state index is -0.654. The second-order valence-electron chi connectivity index (χ2n) is 3.83. The van der Waals surface area contributed by atoms with E-state index in [1.807, 2.05) is 13.0 Å². The molecule has 0 radical (unpaired) electrons. The van der Waals surface area contributed by atoms with Crippen molar-refractivity contribution >= 4 is 34.8 Å². The molecule has 0 saturated heterocycles. The third-order valence-corrected chi connectivity index (χ3v) is 3.71. The van der Waals surface area contributed by atoms with Gasteiger partial charge in [0, 0.05) is 25.1 Å². The van der Waals surface area contributed by atoms with Gasteiger partial charge in [-0.3, -0.25) is 9.59 Å². The molecule has 0 aromatic carbocycles. The molecule has 0 saturated carbocycles. The predicted molar refractivity (Wildman–Crippen MR) is 75.4 cm³/mol. The molecule has 106 valence electrons. The lowest BCUT2D eigenvalue weighted by atomic mass is 10.3. The van der Waals surface area contributed by atoms with E-state index in [1.165, 1.54) is 11.3 Å². The lowest BCUT2D eigenvalue weighted by Gasteiger charge is -2.14. The summed E-state index contributed by atoms with van der Waals surface area (Å²) in [5, 5.41) is 5.05. The first-order valence-corrected chi connectivity index (χ1v) is 7.12. The summed E-state index contributed by atoms with van der Waals surface area (Å²) in [6, 6.07) is 3.60. The highest BCUT2D eigenvalue weighted by molar-refractivity contribution is 7.16. The normalized spacial score (nSPS) is 11.9. The van der Waals surface area contributed by atoms with Crippen LogP contribution in [0.2, 0.25) is 4.34 Å². The van der Waals surface area contributed by atoms with Gasteiger partial charge in [0.25, 0.3) is 0 Å². The smallest absolute Gasteiger partial charge is 0.309 e. The number of rotatable bonds is 6. The third-order valence-electron chi connectivity index (χ3n) is 2.39. The molecular formula is C12H17ClN2O3S. The van der Waals surface area contributed by atoms with Crippen LogP contribution < -0.4 is 10.6 Å². The zero-order valence-electron chi connectivity index (χ0n) is 10.9. The number of carbonyl (C=O) groups excluding carboxylic acids is 2. The molecule has 0 spiro atoms. The molecule has 5 nitrogen and oxygen atoms in total. The number of carbonyl (C=O) groups is 2. The van der Waals surface area contributed by atoms with Crippen molar-refractivity contribution in [2.24, 2.45) is 0 Å². The Hall–Kier alpha value is -1.11. The second kappa shape index (κ2) is 8.14. The average molecular weight is 305 g/mol. The minimum Gasteiger partial charge on any atom is -0.374 e. The first-order valence-electron chi connectivity index (χ1n) is 5.92. The highest BCUT2D eigenvalue weighted by Gasteiger charge is 2.17. The minimum absolute atomic E-state index is 0.228. The highest BCUT2D eigenvalue weighted by Crippen LogP contribution is 2.28. The molecule has 1 aromatic rings. The van der Waals surface area contributed by atoms with E-state index in [2.05, 4.69) is 10.6 Å². The van der Waals surface area contributed by atoms with Gasteiger partial charge in [-0.25, -0.2) is 0 Å². The van der Waals surface area contributed by atoms with Gasteiger partial charge in [-0.05, 0) is 18.6 Å². The number of thiophene rings is 1. The van der Waals surface area contributed by atoms with Crippen molar-refractivity contribution in [1.82, 2.24) is 10.6 Å². The summed E-state index contributed by atoms with van der Waals surface area (Å²) < 4.78 is 5.92. The average Bonchev–Trinajstić information content (AvgIpc) is 2.83. The standard InChI is InChI=1S/C12H17ClN2O3S/c1-3-6-14-11(16)12(17)15-7-8(18-2)9-4-5-10(13)19-9/h4-5,8H,3,6-7H2,1-2H3,(H,14,16)(H,15,17). The first kappa shape index (κ1) is 15.9. The summed E-state index contributed by atoms with van der Waals surface area (Å²) in [4.78, 5) is 23.8. The molecule has 0 bridgehead atoms. The van der Waals surface area contributed by atoms with Gasteiger partial charge in [0.15, 0.2) is 0 Å². The summed E-state index contributed by atoms with van der Waals surface area (Å²) in [5.41, 5.74) is 0. The van der Waals surface area contributed by atoms with Crippen molar-refractivity contribution in [2.45, 2.75) is 19.4 Å². The van der Waals surface area contributed by atoms with Crippen molar-refractivity contribution in [3.05, 3.63) is 21.3 Å². The van der Waals surface area contributed by atoms with E-state index in [9.17, 15) is 9.59 Å². The van der Waals surface area contributed by atoms with Crippen LogP contribution in [0.3, 0.4) is 0 Å². The van der Waals surface area contributed by atoms with Crippen LogP contribution in [-0.4, -0.2) is 32.0 Å². The Bertz CT molecular complexity index is 436. The Balaban J connectivity index is 2.45. The lowest BCUT2D eigenvalue weighted by Crippen LogP contribution is -2.41. The van der Waals surface area contributed by atoms with E-state index < -0.39 is 11.8 Å². The van der Waals surface area contributed by atoms with Crippen LogP contribution in [0.5, 0.6) is 0 Å². The number of halogens is 1. The third kappa shape index (κ3) is 5.18. The van der Waals surface area contributed by atoms with Gasteiger partial charge in [-0.15, -0.1) is 11.3 Å². The Morgan fingerprint density at radius 3 is 2.58 bits per heavy atom. The van der Waals surface area contributed by atoms with Gasteiger partial charge < -0.3 is 15.4 Å². The molecule has 1 atom stereocenters. The number of amides is 2. The van der Waals surface area contributed by atoms with E-state index >= 15 is 0 Å². The number of nitrogens with one attached hydrogen (secondary N) is 2. The summed E-state index contributed by atoms with van der Waals surface area (Å²) in [5.74, 6) is -1.28.